The number of halogens is 3. The topological polar surface area (TPSA) is 71.7 Å². The fourth-order valence-electron chi connectivity index (χ4n) is 4.15. The van der Waals surface area contributed by atoms with E-state index in [0.29, 0.717) is 45.1 Å². The number of aromatic nitrogens is 2. The summed E-state index contributed by atoms with van der Waals surface area (Å²) in [5.41, 5.74) is 0.0601. The average Bonchev–Trinajstić information content (AvgIpc) is 3.27. The number of ether oxygens (including phenoxy) is 1. The normalized spacial score (nSPS) is 22.1. The van der Waals surface area contributed by atoms with E-state index in [4.69, 9.17) is 9.26 Å². The second kappa shape index (κ2) is 9.60. The molecule has 32 heavy (non-hydrogen) atoms. The Morgan fingerprint density at radius 1 is 1.16 bits per heavy atom. The van der Waals surface area contributed by atoms with Crippen molar-refractivity contribution in [1.29, 1.82) is 0 Å². The third kappa shape index (κ3) is 5.13. The van der Waals surface area contributed by atoms with Crippen molar-refractivity contribution in [2.24, 2.45) is 0 Å². The number of hydrogen-bond donors (Lipinski definition) is 0. The van der Waals surface area contributed by atoms with Crippen LogP contribution < -0.4 is 4.74 Å². The van der Waals surface area contributed by atoms with Crippen molar-refractivity contribution in [3.8, 4) is 6.01 Å². The van der Waals surface area contributed by atoms with Crippen molar-refractivity contribution in [3.05, 3.63) is 41.3 Å². The van der Waals surface area contributed by atoms with Crippen LogP contribution in [-0.2, 0) is 6.18 Å². The molecule has 2 atom stereocenters. The standard InChI is InChI=1S/C21H25F3N4O3S/c1-2-30-19-25-18(31-26-19)16-11-15(14-3-5-17(6-4-14)21(22,23)24)12-28(13-16)20(29)27-7-9-32-10-8-27/h3-6,15-16H,2,7-13H2,1H3. The fraction of sp³-hybridized carbons (Fsp3) is 0.571. The predicted octanol–water partition coefficient (Wildman–Crippen LogP) is 4.23. The largest absolute Gasteiger partial charge is 0.462 e. The smallest absolute Gasteiger partial charge is 0.416 e. The molecule has 2 unspecified atom stereocenters. The number of likely N-dealkylation sites (tertiary alicyclic amines) is 1. The maximum atomic E-state index is 13.2. The minimum Gasteiger partial charge on any atom is -0.462 e. The molecule has 7 nitrogen and oxygen atoms in total. The third-order valence-corrected chi connectivity index (χ3v) is 6.70. The van der Waals surface area contributed by atoms with Crippen LogP contribution in [0.25, 0.3) is 0 Å². The lowest BCUT2D eigenvalue weighted by Crippen LogP contribution is -2.51. The zero-order valence-corrected chi connectivity index (χ0v) is 18.5. The zero-order chi connectivity index (χ0) is 22.7. The van der Waals surface area contributed by atoms with Gasteiger partial charge in [0.05, 0.1) is 18.1 Å². The van der Waals surface area contributed by atoms with E-state index in [1.165, 1.54) is 12.1 Å². The second-order valence-electron chi connectivity index (χ2n) is 7.88. The van der Waals surface area contributed by atoms with E-state index in [0.717, 1.165) is 29.2 Å². The van der Waals surface area contributed by atoms with Gasteiger partial charge in [-0.1, -0.05) is 12.1 Å². The molecule has 3 heterocycles. The Labute approximate surface area is 188 Å². The van der Waals surface area contributed by atoms with Gasteiger partial charge in [0.2, 0.25) is 5.89 Å². The molecule has 0 bridgehead atoms. The van der Waals surface area contributed by atoms with E-state index >= 15 is 0 Å². The Kier molecular flexibility index (Phi) is 6.82. The van der Waals surface area contributed by atoms with Crippen molar-refractivity contribution in [1.82, 2.24) is 19.9 Å². The molecule has 2 aromatic rings. The van der Waals surface area contributed by atoms with E-state index in [1.54, 1.807) is 4.90 Å². The molecule has 0 radical (unpaired) electrons. The molecule has 0 spiro atoms. The van der Waals surface area contributed by atoms with Gasteiger partial charge < -0.3 is 19.1 Å². The van der Waals surface area contributed by atoms with Gasteiger partial charge in [-0.15, -0.1) is 0 Å². The lowest BCUT2D eigenvalue weighted by atomic mass is 9.84. The molecule has 2 saturated heterocycles. The van der Waals surface area contributed by atoms with Crippen LogP contribution in [0.2, 0.25) is 0 Å². The molecule has 0 N–H and O–H groups in total. The molecule has 0 aliphatic carbocycles. The van der Waals surface area contributed by atoms with Gasteiger partial charge in [0.1, 0.15) is 0 Å². The van der Waals surface area contributed by atoms with Gasteiger partial charge in [-0.2, -0.15) is 29.9 Å². The highest BCUT2D eigenvalue weighted by Crippen LogP contribution is 2.37. The molecule has 174 valence electrons. The van der Waals surface area contributed by atoms with Crippen LogP contribution in [0, 0.1) is 0 Å². The lowest BCUT2D eigenvalue weighted by Gasteiger charge is -2.40. The van der Waals surface area contributed by atoms with Crippen LogP contribution in [0.4, 0.5) is 18.0 Å². The molecule has 2 aliphatic rings. The number of alkyl halides is 3. The first kappa shape index (κ1) is 22.8. The minimum absolute atomic E-state index is 0.0588. The summed E-state index contributed by atoms with van der Waals surface area (Å²) in [6.45, 7) is 4.42. The van der Waals surface area contributed by atoms with Crippen LogP contribution in [0.3, 0.4) is 0 Å². The number of piperidine rings is 1. The van der Waals surface area contributed by atoms with Gasteiger partial charge in [0, 0.05) is 43.6 Å². The maximum absolute atomic E-state index is 13.2. The number of urea groups is 1. The van der Waals surface area contributed by atoms with Crippen LogP contribution in [0.5, 0.6) is 6.01 Å². The minimum atomic E-state index is -4.39. The Bertz CT molecular complexity index is 916. The van der Waals surface area contributed by atoms with Crippen molar-refractivity contribution in [3.63, 3.8) is 0 Å². The Morgan fingerprint density at radius 3 is 2.50 bits per heavy atom. The average molecular weight is 471 g/mol. The van der Waals surface area contributed by atoms with E-state index in [2.05, 4.69) is 10.1 Å². The first-order valence-electron chi connectivity index (χ1n) is 10.6. The summed E-state index contributed by atoms with van der Waals surface area (Å²) in [5, 5.41) is 3.83. The van der Waals surface area contributed by atoms with Crippen LogP contribution in [0.15, 0.2) is 28.8 Å². The number of amides is 2. The van der Waals surface area contributed by atoms with Gasteiger partial charge in [-0.05, 0) is 36.2 Å². The number of carbonyl (C=O) groups excluding carboxylic acids is 1. The summed E-state index contributed by atoms with van der Waals surface area (Å²) in [4.78, 5) is 21.1. The second-order valence-corrected chi connectivity index (χ2v) is 9.11. The molecule has 1 aromatic carbocycles. The third-order valence-electron chi connectivity index (χ3n) is 5.76. The highest BCUT2D eigenvalue weighted by molar-refractivity contribution is 7.99. The van der Waals surface area contributed by atoms with Crippen LogP contribution in [0.1, 0.15) is 42.2 Å². The summed E-state index contributed by atoms with van der Waals surface area (Å²) in [7, 11) is 0. The van der Waals surface area contributed by atoms with Gasteiger partial charge in [-0.25, -0.2) is 4.79 Å². The molecule has 0 saturated carbocycles. The highest BCUT2D eigenvalue weighted by atomic mass is 32.2. The highest BCUT2D eigenvalue weighted by Gasteiger charge is 2.37. The first-order chi connectivity index (χ1) is 15.3. The summed E-state index contributed by atoms with van der Waals surface area (Å²) in [6, 6.07) is 5.26. The van der Waals surface area contributed by atoms with Gasteiger partial charge in [0.15, 0.2) is 0 Å². The van der Waals surface area contributed by atoms with Crippen molar-refractivity contribution < 1.29 is 27.2 Å². The van der Waals surface area contributed by atoms with E-state index < -0.39 is 11.7 Å². The van der Waals surface area contributed by atoms with Gasteiger partial charge >= 0.3 is 18.2 Å². The van der Waals surface area contributed by atoms with Crippen molar-refractivity contribution >= 4 is 17.8 Å². The van der Waals surface area contributed by atoms with Gasteiger partial charge in [-0.3, -0.25) is 0 Å². The SMILES string of the molecule is CCOc1noc(C2CC(c3ccc(C(F)(F)F)cc3)CN(C(=O)N3CCSCC3)C2)n1. The molecule has 2 fully saturated rings. The number of benzene rings is 1. The molecule has 2 aliphatic heterocycles. The van der Waals surface area contributed by atoms with E-state index in [9.17, 15) is 18.0 Å². The fourth-order valence-corrected chi connectivity index (χ4v) is 5.05. The number of rotatable bonds is 4. The lowest BCUT2D eigenvalue weighted by molar-refractivity contribution is -0.137. The van der Waals surface area contributed by atoms with Crippen LogP contribution in [-0.4, -0.2) is 70.3 Å². The molecule has 2 amide bonds. The van der Waals surface area contributed by atoms with Crippen molar-refractivity contribution in [2.45, 2.75) is 31.4 Å². The summed E-state index contributed by atoms with van der Waals surface area (Å²) < 4.78 is 49.6. The molecule has 4 rings (SSSR count). The number of carbonyl (C=O) groups is 1. The Balaban J connectivity index is 1.57. The van der Waals surface area contributed by atoms with Crippen LogP contribution >= 0.6 is 11.8 Å². The zero-order valence-electron chi connectivity index (χ0n) is 17.7. The number of hydrogen-bond acceptors (Lipinski definition) is 6. The summed E-state index contributed by atoms with van der Waals surface area (Å²) in [6.07, 6.45) is -3.81. The summed E-state index contributed by atoms with van der Waals surface area (Å²) >= 11 is 1.82. The monoisotopic (exact) mass is 470 g/mol. The predicted molar refractivity (Wildman–Crippen MR) is 113 cm³/mol. The van der Waals surface area contributed by atoms with Crippen molar-refractivity contribution in [2.75, 3.05) is 44.3 Å². The first-order valence-corrected chi connectivity index (χ1v) is 11.8. The quantitative estimate of drug-likeness (QED) is 0.666. The Morgan fingerprint density at radius 2 is 1.84 bits per heavy atom. The molecular weight excluding hydrogens is 445 g/mol. The number of nitrogens with zero attached hydrogens (tertiary/aromatic N) is 4. The van der Waals surface area contributed by atoms with Gasteiger partial charge in [0.25, 0.3) is 0 Å². The Hall–Kier alpha value is -2.43. The molecular formula is C21H25F3N4O3S. The molecule has 11 heteroatoms. The van der Waals surface area contributed by atoms with E-state index in [-0.39, 0.29) is 23.9 Å². The maximum Gasteiger partial charge on any atom is 0.416 e. The van der Waals surface area contributed by atoms with E-state index in [1.807, 2.05) is 23.6 Å². The summed E-state index contributed by atoms with van der Waals surface area (Å²) in [5.74, 6) is 1.78. The number of thioether (sulfide) groups is 1. The molecule has 1 aromatic heterocycles.